The van der Waals surface area contributed by atoms with Gasteiger partial charge in [-0.3, -0.25) is 15.5 Å². The third kappa shape index (κ3) is 3.32. The summed E-state index contributed by atoms with van der Waals surface area (Å²) in [5, 5.41) is 2.75. The maximum atomic E-state index is 12.5. The van der Waals surface area contributed by atoms with Crippen LogP contribution in [-0.4, -0.2) is 22.9 Å². The molecule has 1 atom stereocenters. The maximum absolute atomic E-state index is 12.5. The van der Waals surface area contributed by atoms with Crippen molar-refractivity contribution in [2.75, 3.05) is 5.43 Å². The number of amides is 3. The van der Waals surface area contributed by atoms with Gasteiger partial charge in [0.15, 0.2) is 0 Å². The minimum atomic E-state index is -0.525. The van der Waals surface area contributed by atoms with Gasteiger partial charge in [-0.2, -0.15) is 0 Å². The van der Waals surface area contributed by atoms with Crippen molar-refractivity contribution in [3.05, 3.63) is 65.7 Å². The Kier molecular flexibility index (Phi) is 4.25. The van der Waals surface area contributed by atoms with Crippen LogP contribution in [0.3, 0.4) is 0 Å². The fourth-order valence-electron chi connectivity index (χ4n) is 2.60. The normalized spacial score (nSPS) is 17.3. The Hall–Kier alpha value is -2.86. The number of benzene rings is 2. The average molecular weight is 310 g/mol. The lowest BCUT2D eigenvalue weighted by Crippen LogP contribution is -2.32. The van der Waals surface area contributed by atoms with E-state index in [0.29, 0.717) is 6.42 Å². The van der Waals surface area contributed by atoms with Gasteiger partial charge in [0.1, 0.15) is 6.04 Å². The Morgan fingerprint density at radius 2 is 1.70 bits per heavy atom. The van der Waals surface area contributed by atoms with Crippen molar-refractivity contribution in [1.82, 2.24) is 10.2 Å². The van der Waals surface area contributed by atoms with Crippen LogP contribution >= 0.6 is 0 Å². The van der Waals surface area contributed by atoms with Gasteiger partial charge in [-0.1, -0.05) is 42.5 Å². The number of nitrogens with zero attached hydrogens (tertiary/aromatic N) is 1. The van der Waals surface area contributed by atoms with Gasteiger partial charge in [0.2, 0.25) is 0 Å². The van der Waals surface area contributed by atoms with Gasteiger partial charge >= 0.3 is 6.03 Å². The molecule has 6 nitrogen and oxygen atoms in total. The number of hydrazine groups is 1. The third-order valence-electron chi connectivity index (χ3n) is 3.85. The highest BCUT2D eigenvalue weighted by Gasteiger charge is 2.37. The van der Waals surface area contributed by atoms with Gasteiger partial charge in [0.25, 0.3) is 5.91 Å². The van der Waals surface area contributed by atoms with Crippen molar-refractivity contribution in [1.29, 1.82) is 0 Å². The van der Waals surface area contributed by atoms with Crippen LogP contribution in [0.2, 0.25) is 0 Å². The number of hydrogen-bond acceptors (Lipinski definition) is 4. The van der Waals surface area contributed by atoms with E-state index in [9.17, 15) is 9.59 Å². The average Bonchev–Trinajstić information content (AvgIpc) is 2.84. The highest BCUT2D eigenvalue weighted by Crippen LogP contribution is 2.16. The molecule has 1 saturated heterocycles. The van der Waals surface area contributed by atoms with E-state index in [0.717, 1.165) is 16.8 Å². The van der Waals surface area contributed by atoms with Gasteiger partial charge in [-0.25, -0.2) is 4.79 Å². The minimum Gasteiger partial charge on any atom is -0.325 e. The van der Waals surface area contributed by atoms with Crippen molar-refractivity contribution in [3.8, 4) is 0 Å². The number of carbonyl (C=O) groups excluding carboxylic acids is 2. The number of nitrogens with one attached hydrogen (secondary N) is 2. The molecule has 3 amide bonds. The Morgan fingerprint density at radius 1 is 1.00 bits per heavy atom. The first-order chi connectivity index (χ1) is 11.2. The molecule has 3 rings (SSSR count). The van der Waals surface area contributed by atoms with Crippen LogP contribution in [0.4, 0.5) is 10.5 Å². The lowest BCUT2D eigenvalue weighted by atomic mass is 10.1. The molecular formula is C17H18N4O2. The Balaban J connectivity index is 1.68. The molecule has 0 spiro atoms. The molecule has 0 aliphatic carbocycles. The molecule has 1 aliphatic heterocycles. The Morgan fingerprint density at radius 3 is 2.35 bits per heavy atom. The first kappa shape index (κ1) is 15.1. The van der Waals surface area contributed by atoms with Crippen molar-refractivity contribution in [2.24, 2.45) is 5.84 Å². The Bertz CT molecular complexity index is 700. The molecule has 0 radical (unpaired) electrons. The first-order valence-corrected chi connectivity index (χ1v) is 7.39. The molecule has 1 unspecified atom stereocenters. The zero-order valence-corrected chi connectivity index (χ0v) is 12.5. The van der Waals surface area contributed by atoms with E-state index in [1.807, 2.05) is 54.6 Å². The summed E-state index contributed by atoms with van der Waals surface area (Å²) in [6, 6.07) is 16.0. The van der Waals surface area contributed by atoms with Crippen molar-refractivity contribution in [2.45, 2.75) is 19.0 Å². The zero-order chi connectivity index (χ0) is 16.2. The van der Waals surface area contributed by atoms with Crippen molar-refractivity contribution >= 4 is 17.6 Å². The molecule has 1 heterocycles. The summed E-state index contributed by atoms with van der Waals surface area (Å²) in [7, 11) is 0. The molecule has 0 bridgehead atoms. The van der Waals surface area contributed by atoms with Crippen LogP contribution in [-0.2, 0) is 17.8 Å². The number of anilines is 1. The number of urea groups is 1. The monoisotopic (exact) mass is 310 g/mol. The predicted molar refractivity (Wildman–Crippen MR) is 87.3 cm³/mol. The first-order valence-electron chi connectivity index (χ1n) is 7.39. The van der Waals surface area contributed by atoms with Gasteiger partial charge in [0.05, 0.1) is 6.54 Å². The molecule has 4 N–H and O–H groups in total. The molecule has 2 aromatic rings. The quantitative estimate of drug-likeness (QED) is 0.445. The minimum absolute atomic E-state index is 0.195. The topological polar surface area (TPSA) is 87.5 Å². The summed E-state index contributed by atoms with van der Waals surface area (Å²) in [6.07, 6.45) is 0.459. The maximum Gasteiger partial charge on any atom is 0.325 e. The summed E-state index contributed by atoms with van der Waals surface area (Å²) >= 11 is 0. The number of hydrogen-bond donors (Lipinski definition) is 3. The lowest BCUT2D eigenvalue weighted by molar-refractivity contribution is -0.127. The number of nitrogen functional groups attached to an aromatic ring is 1. The van der Waals surface area contributed by atoms with E-state index in [-0.39, 0.29) is 18.5 Å². The van der Waals surface area contributed by atoms with Gasteiger partial charge < -0.3 is 10.7 Å². The molecule has 23 heavy (non-hydrogen) atoms. The van der Waals surface area contributed by atoms with E-state index in [1.54, 1.807) is 0 Å². The molecule has 0 aromatic heterocycles. The van der Waals surface area contributed by atoms with E-state index < -0.39 is 6.04 Å². The second-order valence-corrected chi connectivity index (χ2v) is 5.46. The number of nitrogens with two attached hydrogens (primary N) is 1. The summed E-state index contributed by atoms with van der Waals surface area (Å²) < 4.78 is 0. The van der Waals surface area contributed by atoms with Gasteiger partial charge in [-0.15, -0.1) is 0 Å². The Labute approximate surface area is 134 Å². The van der Waals surface area contributed by atoms with Crippen LogP contribution in [0.15, 0.2) is 54.6 Å². The SMILES string of the molecule is NNc1ccc(CC2NC(=O)N(Cc3ccccc3)C2=O)cc1. The highest BCUT2D eigenvalue weighted by atomic mass is 16.2. The van der Waals surface area contributed by atoms with Crippen LogP contribution in [0.25, 0.3) is 0 Å². The molecular weight excluding hydrogens is 292 g/mol. The summed E-state index contributed by atoms with van der Waals surface area (Å²) in [6.45, 7) is 0.290. The van der Waals surface area contributed by atoms with Crippen LogP contribution < -0.4 is 16.6 Å². The van der Waals surface area contributed by atoms with Crippen LogP contribution in [0, 0.1) is 0 Å². The fourth-order valence-corrected chi connectivity index (χ4v) is 2.60. The smallest absolute Gasteiger partial charge is 0.325 e. The summed E-state index contributed by atoms with van der Waals surface area (Å²) in [5.41, 5.74) is 5.23. The van der Waals surface area contributed by atoms with Crippen molar-refractivity contribution in [3.63, 3.8) is 0 Å². The predicted octanol–water partition coefficient (Wildman–Crippen LogP) is 1.64. The third-order valence-corrected chi connectivity index (χ3v) is 3.85. The molecule has 2 aromatic carbocycles. The molecule has 6 heteroatoms. The molecule has 118 valence electrons. The number of carbonyl (C=O) groups is 2. The van der Waals surface area contributed by atoms with Gasteiger partial charge in [-0.05, 0) is 23.3 Å². The molecule has 1 fully saturated rings. The standard InChI is InChI=1S/C17H18N4O2/c18-20-14-8-6-12(7-9-14)10-15-16(22)21(17(23)19-15)11-13-4-2-1-3-5-13/h1-9,15,20H,10-11,18H2,(H,19,23). The number of imide groups is 1. The van der Waals surface area contributed by atoms with E-state index in [4.69, 9.17) is 5.84 Å². The highest BCUT2D eigenvalue weighted by molar-refractivity contribution is 6.04. The largest absolute Gasteiger partial charge is 0.325 e. The fraction of sp³-hybridized carbons (Fsp3) is 0.176. The van der Waals surface area contributed by atoms with Crippen molar-refractivity contribution < 1.29 is 9.59 Å². The van der Waals surface area contributed by atoms with Crippen LogP contribution in [0.5, 0.6) is 0 Å². The van der Waals surface area contributed by atoms with E-state index in [1.165, 1.54) is 4.90 Å². The molecule has 1 aliphatic rings. The summed E-state index contributed by atoms with van der Waals surface area (Å²) in [4.78, 5) is 25.8. The van der Waals surface area contributed by atoms with Crippen LogP contribution in [0.1, 0.15) is 11.1 Å². The van der Waals surface area contributed by atoms with Gasteiger partial charge in [0, 0.05) is 12.1 Å². The molecule has 0 saturated carbocycles. The lowest BCUT2D eigenvalue weighted by Gasteiger charge is -2.13. The number of rotatable bonds is 5. The second-order valence-electron chi connectivity index (χ2n) is 5.46. The van der Waals surface area contributed by atoms with E-state index >= 15 is 0 Å². The van der Waals surface area contributed by atoms with E-state index in [2.05, 4.69) is 10.7 Å². The summed E-state index contributed by atoms with van der Waals surface area (Å²) in [5.74, 6) is 5.13. The zero-order valence-electron chi connectivity index (χ0n) is 12.5. The second kappa shape index (κ2) is 6.50.